The largest absolute Gasteiger partial charge is 0.322 e. The monoisotopic (exact) mass is 377 g/mol. The first-order valence-corrected chi connectivity index (χ1v) is 9.65. The highest BCUT2D eigenvalue weighted by Gasteiger charge is 2.44. The maximum atomic E-state index is 12.9. The third-order valence-electron chi connectivity index (χ3n) is 5.27. The number of nitrogens with one attached hydrogen (secondary N) is 1. The van der Waals surface area contributed by atoms with Crippen LogP contribution in [0.25, 0.3) is 0 Å². The summed E-state index contributed by atoms with van der Waals surface area (Å²) in [7, 11) is 0. The summed E-state index contributed by atoms with van der Waals surface area (Å²) in [6.07, 6.45) is 1.73. The second-order valence-corrected chi connectivity index (χ2v) is 7.34. The lowest BCUT2D eigenvalue weighted by Crippen LogP contribution is -2.52. The van der Waals surface area contributed by atoms with E-state index < -0.39 is 6.04 Å². The molecule has 0 unspecified atom stereocenters. The van der Waals surface area contributed by atoms with E-state index in [-0.39, 0.29) is 17.7 Å². The van der Waals surface area contributed by atoms with Crippen LogP contribution < -0.4 is 15.1 Å². The van der Waals surface area contributed by atoms with Gasteiger partial charge in [0.25, 0.3) is 5.91 Å². The number of carbonyl (C=O) groups is 3. The Morgan fingerprint density at radius 1 is 1.14 bits per heavy atom. The molecule has 1 saturated heterocycles. The number of nitrogens with zero attached hydrogens (tertiary/aromatic N) is 2. The Bertz CT molecular complexity index is 969. The highest BCUT2D eigenvalue weighted by Crippen LogP contribution is 2.41. The summed E-state index contributed by atoms with van der Waals surface area (Å²) in [6.45, 7) is 4.53. The molecular formula is C22H23N3O3. The molecule has 0 radical (unpaired) electrons. The van der Waals surface area contributed by atoms with Crippen molar-refractivity contribution in [3.63, 3.8) is 0 Å². The molecule has 6 heteroatoms. The Hall–Kier alpha value is -3.15. The van der Waals surface area contributed by atoms with Crippen LogP contribution in [0.2, 0.25) is 0 Å². The molecule has 4 rings (SSSR count). The molecule has 0 aliphatic carbocycles. The zero-order chi connectivity index (χ0) is 19.8. The molecule has 1 N–H and O–H groups in total. The van der Waals surface area contributed by atoms with Crippen LogP contribution >= 0.6 is 0 Å². The average molecular weight is 377 g/mol. The second-order valence-electron chi connectivity index (χ2n) is 7.34. The van der Waals surface area contributed by atoms with Crippen molar-refractivity contribution in [2.75, 3.05) is 21.7 Å². The lowest BCUT2D eigenvalue weighted by molar-refractivity contribution is -0.122. The lowest BCUT2D eigenvalue weighted by atomic mass is 10.0. The third-order valence-corrected chi connectivity index (χ3v) is 5.27. The molecule has 0 bridgehead atoms. The zero-order valence-corrected chi connectivity index (χ0v) is 16.1. The molecule has 2 aliphatic rings. The van der Waals surface area contributed by atoms with Crippen molar-refractivity contribution in [2.24, 2.45) is 0 Å². The van der Waals surface area contributed by atoms with E-state index in [2.05, 4.69) is 5.32 Å². The summed E-state index contributed by atoms with van der Waals surface area (Å²) < 4.78 is 0. The number of carbonyl (C=O) groups excluding carboxylic acids is 3. The van der Waals surface area contributed by atoms with Crippen LogP contribution in [-0.4, -0.2) is 30.3 Å². The van der Waals surface area contributed by atoms with Crippen molar-refractivity contribution < 1.29 is 14.4 Å². The number of benzene rings is 2. The molecule has 28 heavy (non-hydrogen) atoms. The molecule has 2 aliphatic heterocycles. The van der Waals surface area contributed by atoms with Crippen molar-refractivity contribution in [3.05, 3.63) is 53.6 Å². The fourth-order valence-corrected chi connectivity index (χ4v) is 3.98. The molecule has 3 amide bonds. The number of aryl methyl sites for hydroxylation is 1. The Balaban J connectivity index is 1.70. The fourth-order valence-electron chi connectivity index (χ4n) is 3.98. The Labute approximate surface area is 164 Å². The van der Waals surface area contributed by atoms with Crippen LogP contribution in [0, 0.1) is 6.92 Å². The van der Waals surface area contributed by atoms with Crippen LogP contribution in [-0.2, 0) is 9.59 Å². The van der Waals surface area contributed by atoms with Crippen LogP contribution in [0.3, 0.4) is 0 Å². The van der Waals surface area contributed by atoms with Gasteiger partial charge in [-0.05, 0) is 55.7 Å². The molecule has 2 aromatic rings. The van der Waals surface area contributed by atoms with E-state index in [4.69, 9.17) is 0 Å². The normalized spacial score (nSPS) is 18.1. The van der Waals surface area contributed by atoms with E-state index in [1.54, 1.807) is 28.0 Å². The van der Waals surface area contributed by atoms with Gasteiger partial charge in [-0.25, -0.2) is 0 Å². The van der Waals surface area contributed by atoms with Gasteiger partial charge in [-0.2, -0.15) is 0 Å². The summed E-state index contributed by atoms with van der Waals surface area (Å²) >= 11 is 0. The van der Waals surface area contributed by atoms with Gasteiger partial charge in [-0.15, -0.1) is 0 Å². The average Bonchev–Trinajstić information content (AvgIpc) is 3.06. The van der Waals surface area contributed by atoms with Gasteiger partial charge in [-0.3, -0.25) is 19.3 Å². The maximum absolute atomic E-state index is 12.9. The highest BCUT2D eigenvalue weighted by atomic mass is 16.2. The van der Waals surface area contributed by atoms with Gasteiger partial charge in [0.05, 0.1) is 11.4 Å². The van der Waals surface area contributed by atoms with E-state index in [0.717, 1.165) is 17.7 Å². The molecule has 1 fully saturated rings. The molecule has 0 aromatic heterocycles. The van der Waals surface area contributed by atoms with Crippen molar-refractivity contribution >= 4 is 34.8 Å². The molecule has 2 aromatic carbocycles. The van der Waals surface area contributed by atoms with Crippen molar-refractivity contribution in [3.8, 4) is 0 Å². The van der Waals surface area contributed by atoms with Crippen molar-refractivity contribution in [1.82, 2.24) is 0 Å². The molecular weight excluding hydrogens is 354 g/mol. The van der Waals surface area contributed by atoms with Gasteiger partial charge in [-0.1, -0.05) is 19.1 Å². The Morgan fingerprint density at radius 2 is 1.96 bits per heavy atom. The summed E-state index contributed by atoms with van der Waals surface area (Å²) in [5.74, 6) is -0.337. The minimum Gasteiger partial charge on any atom is -0.322 e. The maximum Gasteiger partial charge on any atom is 0.255 e. The second kappa shape index (κ2) is 7.11. The number of amides is 3. The minimum absolute atomic E-state index is 0.0345. The van der Waals surface area contributed by atoms with Crippen molar-refractivity contribution in [2.45, 2.75) is 39.2 Å². The number of hydrogen-bond donors (Lipinski definition) is 1. The molecule has 1 atom stereocenters. The van der Waals surface area contributed by atoms with Crippen LogP contribution in [0.5, 0.6) is 0 Å². The van der Waals surface area contributed by atoms with E-state index in [0.29, 0.717) is 36.3 Å². The van der Waals surface area contributed by atoms with Crippen LogP contribution in [0.1, 0.15) is 42.1 Å². The smallest absolute Gasteiger partial charge is 0.255 e. The van der Waals surface area contributed by atoms with Gasteiger partial charge in [0.15, 0.2) is 0 Å². The van der Waals surface area contributed by atoms with E-state index >= 15 is 0 Å². The van der Waals surface area contributed by atoms with Gasteiger partial charge >= 0.3 is 0 Å². The lowest BCUT2D eigenvalue weighted by Gasteiger charge is -2.38. The zero-order valence-electron chi connectivity index (χ0n) is 16.1. The van der Waals surface area contributed by atoms with E-state index in [1.165, 1.54) is 0 Å². The number of rotatable bonds is 4. The molecule has 144 valence electrons. The number of hydrogen-bond acceptors (Lipinski definition) is 3. The van der Waals surface area contributed by atoms with E-state index in [1.807, 2.05) is 38.1 Å². The summed E-state index contributed by atoms with van der Waals surface area (Å²) in [4.78, 5) is 41.4. The van der Waals surface area contributed by atoms with Crippen molar-refractivity contribution in [1.29, 1.82) is 0 Å². The van der Waals surface area contributed by atoms with E-state index in [9.17, 15) is 14.4 Å². The first-order chi connectivity index (χ1) is 13.5. The third kappa shape index (κ3) is 3.05. The Kier molecular flexibility index (Phi) is 4.63. The first-order valence-electron chi connectivity index (χ1n) is 9.65. The first kappa shape index (κ1) is 18.2. The fraction of sp³-hybridized carbons (Fsp3) is 0.318. The molecule has 6 nitrogen and oxygen atoms in total. The molecule has 0 saturated carbocycles. The predicted molar refractivity (Wildman–Crippen MR) is 109 cm³/mol. The molecule has 0 spiro atoms. The van der Waals surface area contributed by atoms with Gasteiger partial charge in [0, 0.05) is 24.2 Å². The van der Waals surface area contributed by atoms with Gasteiger partial charge in [0.2, 0.25) is 11.8 Å². The minimum atomic E-state index is -0.418. The van der Waals surface area contributed by atoms with Crippen LogP contribution in [0.4, 0.5) is 17.1 Å². The highest BCUT2D eigenvalue weighted by molar-refractivity contribution is 6.16. The number of anilines is 3. The Morgan fingerprint density at radius 3 is 2.71 bits per heavy atom. The summed E-state index contributed by atoms with van der Waals surface area (Å²) in [6, 6.07) is 12.4. The predicted octanol–water partition coefficient (Wildman–Crippen LogP) is 3.50. The van der Waals surface area contributed by atoms with Crippen LogP contribution in [0.15, 0.2) is 42.5 Å². The number of fused-ring (bicyclic) bond motifs is 3. The van der Waals surface area contributed by atoms with Gasteiger partial charge < -0.3 is 10.2 Å². The SMILES string of the molecule is CCCN1C(=O)[C@H]2CCC(=O)N2c2ccc(C(=O)Nc3cccc(C)c3)cc21. The quantitative estimate of drug-likeness (QED) is 0.887. The summed E-state index contributed by atoms with van der Waals surface area (Å²) in [5.41, 5.74) is 3.59. The van der Waals surface area contributed by atoms with Gasteiger partial charge in [0.1, 0.15) is 6.04 Å². The summed E-state index contributed by atoms with van der Waals surface area (Å²) in [5, 5.41) is 2.90. The standard InChI is InChI=1S/C22H23N3O3/c1-3-11-24-19-13-15(21(27)23-16-6-4-5-14(2)12-16)7-8-17(19)25-18(22(24)28)9-10-20(25)26/h4-8,12-13,18H,3,9-11H2,1-2H3,(H,23,27)/t18-/m1/s1. The molecule has 2 heterocycles. The topological polar surface area (TPSA) is 69.7 Å².